The standard InChI is InChI=1S/C12H14O2/c13-12(14)11-8-4-2-5-7-3(4)1-6(8)9(7)10(5)11/h3-11H,1-2H2,(H,13,14). The van der Waals surface area contributed by atoms with Crippen LogP contribution in [0, 0.1) is 53.3 Å². The first kappa shape index (κ1) is 6.86. The highest BCUT2D eigenvalue weighted by atomic mass is 16.4. The highest BCUT2D eigenvalue weighted by molar-refractivity contribution is 5.73. The molecule has 0 aromatic heterocycles. The van der Waals surface area contributed by atoms with Crippen LogP contribution >= 0.6 is 0 Å². The molecule has 0 radical (unpaired) electrons. The third kappa shape index (κ3) is 0.409. The molecule has 2 nitrogen and oxygen atoms in total. The van der Waals surface area contributed by atoms with Crippen molar-refractivity contribution in [2.75, 3.05) is 0 Å². The molecule has 5 saturated carbocycles. The zero-order valence-corrected chi connectivity index (χ0v) is 7.97. The van der Waals surface area contributed by atoms with Gasteiger partial charge in [0.2, 0.25) is 0 Å². The van der Waals surface area contributed by atoms with Crippen LogP contribution in [0.25, 0.3) is 0 Å². The van der Waals surface area contributed by atoms with E-state index in [2.05, 4.69) is 0 Å². The summed E-state index contributed by atoms with van der Waals surface area (Å²) in [5, 5.41) is 9.33. The predicted octanol–water partition coefficient (Wildman–Crippen LogP) is 1.47. The van der Waals surface area contributed by atoms with Gasteiger partial charge in [-0.3, -0.25) is 4.79 Å². The van der Waals surface area contributed by atoms with Gasteiger partial charge < -0.3 is 5.11 Å². The number of fused-ring (bicyclic) bond motifs is 2. The summed E-state index contributed by atoms with van der Waals surface area (Å²) in [6.45, 7) is 0. The smallest absolute Gasteiger partial charge is 0.307 e. The molecule has 5 fully saturated rings. The van der Waals surface area contributed by atoms with Crippen LogP contribution in [0.3, 0.4) is 0 Å². The summed E-state index contributed by atoms with van der Waals surface area (Å²) in [6.07, 6.45) is 2.81. The van der Waals surface area contributed by atoms with Gasteiger partial charge in [0.05, 0.1) is 5.92 Å². The molecule has 5 aliphatic rings. The molecular formula is C12H14O2. The van der Waals surface area contributed by atoms with Gasteiger partial charge in [-0.2, -0.15) is 0 Å². The molecule has 74 valence electrons. The van der Waals surface area contributed by atoms with E-state index in [1.54, 1.807) is 0 Å². The Morgan fingerprint density at radius 3 is 2.21 bits per heavy atom. The fourth-order valence-electron chi connectivity index (χ4n) is 6.80. The minimum Gasteiger partial charge on any atom is -0.481 e. The molecule has 0 aromatic carbocycles. The SMILES string of the molecule is O=C(O)C1C2C3CC4C5C3CC2C5C41. The van der Waals surface area contributed by atoms with E-state index in [-0.39, 0.29) is 5.92 Å². The second-order valence-electron chi connectivity index (χ2n) is 6.30. The van der Waals surface area contributed by atoms with Crippen LogP contribution in [0.5, 0.6) is 0 Å². The molecule has 0 spiro atoms. The van der Waals surface area contributed by atoms with E-state index in [0.29, 0.717) is 11.8 Å². The van der Waals surface area contributed by atoms with Crippen LogP contribution in [-0.4, -0.2) is 11.1 Å². The van der Waals surface area contributed by atoms with Crippen molar-refractivity contribution in [3.63, 3.8) is 0 Å². The van der Waals surface area contributed by atoms with Crippen LogP contribution in [0.4, 0.5) is 0 Å². The molecule has 2 heteroatoms. The predicted molar refractivity (Wildman–Crippen MR) is 48.3 cm³/mol. The number of carboxylic acids is 1. The van der Waals surface area contributed by atoms with Crippen molar-refractivity contribution >= 4 is 5.97 Å². The van der Waals surface area contributed by atoms with Crippen LogP contribution in [0.2, 0.25) is 0 Å². The number of aliphatic carboxylic acids is 1. The summed E-state index contributed by atoms with van der Waals surface area (Å²) in [5.41, 5.74) is 0. The third-order valence-electron chi connectivity index (χ3n) is 6.61. The molecule has 5 aliphatic carbocycles. The maximum atomic E-state index is 11.3. The lowest BCUT2D eigenvalue weighted by Crippen LogP contribution is -2.45. The van der Waals surface area contributed by atoms with Gasteiger partial charge in [-0.15, -0.1) is 0 Å². The fraction of sp³-hybridized carbons (Fsp3) is 0.917. The fourth-order valence-corrected chi connectivity index (χ4v) is 6.80. The number of carbonyl (C=O) groups is 1. The molecule has 5 rings (SSSR count). The Morgan fingerprint density at radius 2 is 1.50 bits per heavy atom. The monoisotopic (exact) mass is 190 g/mol. The molecule has 9 atom stereocenters. The first-order valence-electron chi connectivity index (χ1n) is 6.02. The summed E-state index contributed by atoms with van der Waals surface area (Å²) < 4.78 is 0. The Kier molecular flexibility index (Phi) is 0.812. The molecule has 0 amide bonds. The van der Waals surface area contributed by atoms with E-state index in [1.165, 1.54) is 12.8 Å². The molecule has 0 heterocycles. The molecule has 0 aliphatic heterocycles. The maximum Gasteiger partial charge on any atom is 0.307 e. The van der Waals surface area contributed by atoms with E-state index in [4.69, 9.17) is 0 Å². The number of hydrogen-bond donors (Lipinski definition) is 1. The van der Waals surface area contributed by atoms with Gasteiger partial charge in [0.25, 0.3) is 0 Å². The van der Waals surface area contributed by atoms with E-state index in [9.17, 15) is 9.90 Å². The van der Waals surface area contributed by atoms with Crippen molar-refractivity contribution in [1.29, 1.82) is 0 Å². The quantitative estimate of drug-likeness (QED) is 0.679. The summed E-state index contributed by atoms with van der Waals surface area (Å²) in [5.74, 6) is 6.22. The minimum atomic E-state index is -0.469. The second kappa shape index (κ2) is 1.66. The highest BCUT2D eigenvalue weighted by Gasteiger charge is 2.81. The third-order valence-corrected chi connectivity index (χ3v) is 6.61. The van der Waals surface area contributed by atoms with Crippen molar-refractivity contribution in [1.82, 2.24) is 0 Å². The summed E-state index contributed by atoms with van der Waals surface area (Å²) in [7, 11) is 0. The van der Waals surface area contributed by atoms with Crippen molar-refractivity contribution in [3.05, 3.63) is 0 Å². The largest absolute Gasteiger partial charge is 0.481 e. The number of carboxylic acid groups (broad SMARTS) is 1. The molecule has 1 N–H and O–H groups in total. The molecule has 0 saturated heterocycles. The number of rotatable bonds is 1. The lowest BCUT2D eigenvalue weighted by molar-refractivity contribution is -0.150. The van der Waals surface area contributed by atoms with Crippen molar-refractivity contribution < 1.29 is 9.90 Å². The number of hydrogen-bond acceptors (Lipinski definition) is 1. The maximum absolute atomic E-state index is 11.3. The highest BCUT2D eigenvalue weighted by Crippen LogP contribution is 2.84. The Labute approximate surface area is 82.7 Å². The summed E-state index contributed by atoms with van der Waals surface area (Å²) in [6, 6.07) is 0. The molecule has 2 bridgehead atoms. The van der Waals surface area contributed by atoms with Gasteiger partial charge in [-0.25, -0.2) is 0 Å². The van der Waals surface area contributed by atoms with E-state index >= 15 is 0 Å². The lowest BCUT2D eigenvalue weighted by atomic mass is 9.57. The second-order valence-corrected chi connectivity index (χ2v) is 6.30. The van der Waals surface area contributed by atoms with E-state index in [0.717, 1.165) is 35.5 Å². The van der Waals surface area contributed by atoms with E-state index in [1.807, 2.05) is 0 Å². The summed E-state index contributed by atoms with van der Waals surface area (Å²) >= 11 is 0. The van der Waals surface area contributed by atoms with Crippen molar-refractivity contribution in [3.8, 4) is 0 Å². The van der Waals surface area contributed by atoms with Crippen LogP contribution < -0.4 is 0 Å². The van der Waals surface area contributed by atoms with Gasteiger partial charge >= 0.3 is 5.97 Å². The van der Waals surface area contributed by atoms with Crippen LogP contribution in [-0.2, 0) is 4.79 Å². The van der Waals surface area contributed by atoms with Crippen molar-refractivity contribution in [2.45, 2.75) is 12.8 Å². The van der Waals surface area contributed by atoms with Gasteiger partial charge in [-0.1, -0.05) is 0 Å². The van der Waals surface area contributed by atoms with Gasteiger partial charge in [-0.05, 0) is 60.2 Å². The first-order chi connectivity index (χ1) is 6.79. The molecule has 9 unspecified atom stereocenters. The van der Waals surface area contributed by atoms with Gasteiger partial charge in [0.1, 0.15) is 0 Å². The normalized spacial score (nSPS) is 74.4. The molecular weight excluding hydrogens is 176 g/mol. The van der Waals surface area contributed by atoms with Crippen molar-refractivity contribution in [2.24, 2.45) is 53.3 Å². The van der Waals surface area contributed by atoms with Crippen LogP contribution in [0.1, 0.15) is 12.8 Å². The Hall–Kier alpha value is -0.530. The molecule has 0 aromatic rings. The first-order valence-corrected chi connectivity index (χ1v) is 6.02. The van der Waals surface area contributed by atoms with Gasteiger partial charge in [0.15, 0.2) is 0 Å². The van der Waals surface area contributed by atoms with Gasteiger partial charge in [0, 0.05) is 0 Å². The Balaban J connectivity index is 1.75. The molecule has 14 heavy (non-hydrogen) atoms. The van der Waals surface area contributed by atoms with Crippen LogP contribution in [0.15, 0.2) is 0 Å². The zero-order valence-electron chi connectivity index (χ0n) is 7.97. The Bertz CT molecular complexity index is 357. The summed E-state index contributed by atoms with van der Waals surface area (Å²) in [4.78, 5) is 11.3. The minimum absolute atomic E-state index is 0.0810. The zero-order chi connectivity index (χ0) is 9.19. The lowest BCUT2D eigenvalue weighted by Gasteiger charge is -2.46. The average molecular weight is 190 g/mol. The van der Waals surface area contributed by atoms with E-state index < -0.39 is 5.97 Å². The Morgan fingerprint density at radius 1 is 0.857 bits per heavy atom. The average Bonchev–Trinajstić information content (AvgIpc) is 2.60. The topological polar surface area (TPSA) is 37.3 Å².